The Hall–Kier alpha value is -1.50. The Morgan fingerprint density at radius 2 is 2.00 bits per heavy atom. The summed E-state index contributed by atoms with van der Waals surface area (Å²) in [5.74, 6) is 6.44. The van der Waals surface area contributed by atoms with Gasteiger partial charge in [0.2, 0.25) is 0 Å². The molecule has 1 heterocycles. The molecule has 1 unspecified atom stereocenters. The minimum atomic E-state index is -0.0851. The third-order valence-electron chi connectivity index (χ3n) is 2.41. The maximum Gasteiger partial charge on any atom is 0.119 e. The van der Waals surface area contributed by atoms with Crippen molar-refractivity contribution in [3.05, 3.63) is 40.9 Å². The highest BCUT2D eigenvalue weighted by molar-refractivity contribution is 7.05. The SMILES string of the molecule is CC(C)Oc1ccc(C(NN)c2cnns2)cc1. The Bertz CT molecular complexity index is 469. The molecule has 0 aliphatic rings. The van der Waals surface area contributed by atoms with Crippen molar-refractivity contribution in [1.82, 2.24) is 15.0 Å². The van der Waals surface area contributed by atoms with Crippen molar-refractivity contribution in [2.75, 3.05) is 0 Å². The van der Waals surface area contributed by atoms with Gasteiger partial charge in [-0.3, -0.25) is 5.84 Å². The van der Waals surface area contributed by atoms with E-state index in [1.807, 2.05) is 38.1 Å². The molecule has 96 valence electrons. The van der Waals surface area contributed by atoms with Crippen LogP contribution >= 0.6 is 11.5 Å². The summed E-state index contributed by atoms with van der Waals surface area (Å²) in [7, 11) is 0. The van der Waals surface area contributed by atoms with Gasteiger partial charge < -0.3 is 4.74 Å². The number of hydrogen-bond donors (Lipinski definition) is 2. The highest BCUT2D eigenvalue weighted by atomic mass is 32.1. The van der Waals surface area contributed by atoms with Crippen molar-refractivity contribution >= 4 is 11.5 Å². The van der Waals surface area contributed by atoms with E-state index in [0.717, 1.165) is 16.2 Å². The van der Waals surface area contributed by atoms with Crippen molar-refractivity contribution < 1.29 is 4.74 Å². The third kappa shape index (κ3) is 3.04. The van der Waals surface area contributed by atoms with Gasteiger partial charge in [0.05, 0.1) is 23.2 Å². The molecule has 2 aromatic rings. The van der Waals surface area contributed by atoms with Crippen LogP contribution in [0, 0.1) is 0 Å². The molecule has 0 spiro atoms. The van der Waals surface area contributed by atoms with Gasteiger partial charge in [0, 0.05) is 0 Å². The number of nitrogens with zero attached hydrogens (tertiary/aromatic N) is 2. The monoisotopic (exact) mass is 264 g/mol. The molecule has 3 N–H and O–H groups in total. The van der Waals surface area contributed by atoms with Gasteiger partial charge in [-0.2, -0.15) is 0 Å². The summed E-state index contributed by atoms with van der Waals surface area (Å²) in [6, 6.07) is 7.77. The zero-order chi connectivity index (χ0) is 13.0. The highest BCUT2D eigenvalue weighted by Crippen LogP contribution is 2.25. The van der Waals surface area contributed by atoms with Crippen LogP contribution < -0.4 is 16.0 Å². The Balaban J connectivity index is 2.17. The lowest BCUT2D eigenvalue weighted by molar-refractivity contribution is 0.242. The Labute approximate surface area is 110 Å². The van der Waals surface area contributed by atoms with Crippen LogP contribution in [0.25, 0.3) is 0 Å². The minimum Gasteiger partial charge on any atom is -0.491 e. The maximum atomic E-state index is 5.60. The number of hydrazine groups is 1. The molecule has 0 fully saturated rings. The largest absolute Gasteiger partial charge is 0.491 e. The third-order valence-corrected chi connectivity index (χ3v) is 3.14. The fourth-order valence-electron chi connectivity index (χ4n) is 1.66. The standard InChI is InChI=1S/C12H16N4OS/c1-8(2)17-10-5-3-9(4-6-10)12(15-13)11-7-14-16-18-11/h3-8,12,15H,13H2,1-2H3. The van der Waals surface area contributed by atoms with E-state index in [-0.39, 0.29) is 12.1 Å². The molecule has 1 aromatic heterocycles. The predicted molar refractivity (Wildman–Crippen MR) is 71.3 cm³/mol. The molecule has 2 rings (SSSR count). The highest BCUT2D eigenvalue weighted by Gasteiger charge is 2.14. The number of nitrogens with one attached hydrogen (secondary N) is 1. The molecule has 0 saturated carbocycles. The first-order valence-corrected chi connectivity index (χ1v) is 6.48. The van der Waals surface area contributed by atoms with Gasteiger partial charge in [0.15, 0.2) is 0 Å². The lowest BCUT2D eigenvalue weighted by atomic mass is 10.1. The first kappa shape index (κ1) is 12.9. The smallest absolute Gasteiger partial charge is 0.119 e. The van der Waals surface area contributed by atoms with Crippen LogP contribution in [-0.4, -0.2) is 15.7 Å². The molecular weight excluding hydrogens is 248 g/mol. The van der Waals surface area contributed by atoms with Gasteiger partial charge in [-0.25, -0.2) is 5.43 Å². The second-order valence-corrected chi connectivity index (χ2v) is 4.97. The number of aromatic nitrogens is 2. The van der Waals surface area contributed by atoms with E-state index in [4.69, 9.17) is 10.6 Å². The van der Waals surface area contributed by atoms with Crippen LogP contribution in [0.15, 0.2) is 30.5 Å². The second-order valence-electron chi connectivity index (χ2n) is 4.16. The lowest BCUT2D eigenvalue weighted by Gasteiger charge is -2.15. The molecule has 5 nitrogen and oxygen atoms in total. The van der Waals surface area contributed by atoms with Crippen molar-refractivity contribution in [3.8, 4) is 5.75 Å². The van der Waals surface area contributed by atoms with Crippen LogP contribution in [0.2, 0.25) is 0 Å². The molecular formula is C12H16N4OS. The molecule has 1 atom stereocenters. The van der Waals surface area contributed by atoms with Crippen molar-refractivity contribution in [3.63, 3.8) is 0 Å². The first-order chi connectivity index (χ1) is 8.70. The van der Waals surface area contributed by atoms with Crippen LogP contribution in [0.1, 0.15) is 30.3 Å². The van der Waals surface area contributed by atoms with E-state index in [1.54, 1.807) is 6.20 Å². The molecule has 18 heavy (non-hydrogen) atoms. The van der Waals surface area contributed by atoms with Crippen molar-refractivity contribution in [2.24, 2.45) is 5.84 Å². The summed E-state index contributed by atoms with van der Waals surface area (Å²) in [4.78, 5) is 0.982. The summed E-state index contributed by atoms with van der Waals surface area (Å²) in [6.45, 7) is 4.00. The number of nitrogens with two attached hydrogens (primary N) is 1. The fourth-order valence-corrected chi connectivity index (χ4v) is 2.25. The number of hydrogen-bond acceptors (Lipinski definition) is 6. The number of benzene rings is 1. The van der Waals surface area contributed by atoms with Crippen molar-refractivity contribution in [2.45, 2.75) is 26.0 Å². The fraction of sp³-hybridized carbons (Fsp3) is 0.333. The predicted octanol–water partition coefficient (Wildman–Crippen LogP) is 1.88. The van der Waals surface area contributed by atoms with Crippen LogP contribution in [0.3, 0.4) is 0 Å². The van der Waals surface area contributed by atoms with Gasteiger partial charge >= 0.3 is 0 Å². The van der Waals surface area contributed by atoms with Gasteiger partial charge in [0.1, 0.15) is 5.75 Å². The summed E-state index contributed by atoms with van der Waals surface area (Å²) in [5.41, 5.74) is 3.83. The Morgan fingerprint density at radius 1 is 1.28 bits per heavy atom. The summed E-state index contributed by atoms with van der Waals surface area (Å²) in [5, 5.41) is 3.82. The average Bonchev–Trinajstić information content (AvgIpc) is 2.85. The van der Waals surface area contributed by atoms with Gasteiger partial charge in [-0.1, -0.05) is 16.6 Å². The van der Waals surface area contributed by atoms with E-state index in [9.17, 15) is 0 Å². The Morgan fingerprint density at radius 3 is 2.50 bits per heavy atom. The zero-order valence-corrected chi connectivity index (χ0v) is 11.1. The molecule has 0 radical (unpaired) electrons. The maximum absolute atomic E-state index is 5.60. The lowest BCUT2D eigenvalue weighted by Crippen LogP contribution is -2.28. The summed E-state index contributed by atoms with van der Waals surface area (Å²) in [6.07, 6.45) is 1.89. The zero-order valence-electron chi connectivity index (χ0n) is 10.3. The van der Waals surface area contributed by atoms with Gasteiger partial charge in [-0.15, -0.1) is 5.10 Å². The number of rotatable bonds is 5. The summed E-state index contributed by atoms with van der Waals surface area (Å²) < 4.78 is 9.44. The quantitative estimate of drug-likeness (QED) is 0.637. The van der Waals surface area contributed by atoms with E-state index in [1.165, 1.54) is 11.5 Å². The summed E-state index contributed by atoms with van der Waals surface area (Å²) >= 11 is 1.33. The topological polar surface area (TPSA) is 73.1 Å². The average molecular weight is 264 g/mol. The van der Waals surface area contributed by atoms with Crippen LogP contribution in [0.5, 0.6) is 5.75 Å². The van der Waals surface area contributed by atoms with E-state index in [0.29, 0.717) is 0 Å². The molecule has 0 aliphatic heterocycles. The molecule has 6 heteroatoms. The second kappa shape index (κ2) is 5.90. The van der Waals surface area contributed by atoms with Crippen LogP contribution in [0.4, 0.5) is 0 Å². The van der Waals surface area contributed by atoms with Gasteiger partial charge in [0.25, 0.3) is 0 Å². The molecule has 0 aliphatic carbocycles. The number of ether oxygens (including phenoxy) is 1. The normalized spacial score (nSPS) is 12.7. The molecule has 0 amide bonds. The van der Waals surface area contributed by atoms with E-state index in [2.05, 4.69) is 15.0 Å². The van der Waals surface area contributed by atoms with Crippen LogP contribution in [-0.2, 0) is 0 Å². The Kier molecular flexibility index (Phi) is 4.24. The minimum absolute atomic E-state index is 0.0851. The molecule has 0 bridgehead atoms. The first-order valence-electron chi connectivity index (χ1n) is 5.70. The van der Waals surface area contributed by atoms with Gasteiger partial charge in [-0.05, 0) is 43.1 Å². The van der Waals surface area contributed by atoms with E-state index >= 15 is 0 Å². The molecule has 1 aromatic carbocycles. The molecule has 0 saturated heterocycles. The van der Waals surface area contributed by atoms with Crippen molar-refractivity contribution in [1.29, 1.82) is 0 Å². The van der Waals surface area contributed by atoms with E-state index < -0.39 is 0 Å².